The molecular formula is C19H28N3OS+. The van der Waals surface area contributed by atoms with E-state index in [-0.39, 0.29) is 5.91 Å². The molecule has 1 aliphatic rings. The Labute approximate surface area is 148 Å². The average molecular weight is 347 g/mol. The van der Waals surface area contributed by atoms with Gasteiger partial charge in [-0.2, -0.15) is 0 Å². The maximum absolute atomic E-state index is 12.0. The maximum atomic E-state index is 12.0. The van der Waals surface area contributed by atoms with E-state index in [1.807, 2.05) is 18.2 Å². The number of nitrogens with one attached hydrogen (secondary N) is 2. The van der Waals surface area contributed by atoms with Gasteiger partial charge in [-0.1, -0.05) is 12.1 Å². The minimum atomic E-state index is 0.149. The molecule has 2 atom stereocenters. The molecule has 0 bridgehead atoms. The third-order valence-electron chi connectivity index (χ3n) is 4.98. The fourth-order valence-corrected chi connectivity index (χ4v) is 4.47. The molecule has 3 rings (SSSR count). The van der Waals surface area contributed by atoms with Crippen LogP contribution in [0.1, 0.15) is 44.0 Å². The zero-order chi connectivity index (χ0) is 16.8. The summed E-state index contributed by atoms with van der Waals surface area (Å²) in [7, 11) is 0. The second kappa shape index (κ2) is 8.58. The van der Waals surface area contributed by atoms with Crippen molar-refractivity contribution in [1.29, 1.82) is 0 Å². The van der Waals surface area contributed by atoms with Crippen molar-refractivity contribution >= 4 is 27.5 Å². The molecule has 2 N–H and O–H groups in total. The van der Waals surface area contributed by atoms with Gasteiger partial charge in [0.15, 0.2) is 0 Å². The molecule has 1 saturated heterocycles. The Bertz CT molecular complexity index is 636. The lowest BCUT2D eigenvalue weighted by Gasteiger charge is -2.30. The molecule has 4 nitrogen and oxygen atoms in total. The normalized spacial score (nSPS) is 21.0. The fraction of sp³-hybridized carbons (Fsp3) is 0.579. The van der Waals surface area contributed by atoms with Gasteiger partial charge in [-0.15, -0.1) is 11.3 Å². The van der Waals surface area contributed by atoms with Gasteiger partial charge in [0.1, 0.15) is 0 Å². The van der Waals surface area contributed by atoms with E-state index < -0.39 is 0 Å². The summed E-state index contributed by atoms with van der Waals surface area (Å²) in [5.74, 6) is 0.149. The Hall–Kier alpha value is -1.46. The first-order valence-electron chi connectivity index (χ1n) is 9.18. The number of thiazole rings is 1. The van der Waals surface area contributed by atoms with E-state index in [1.54, 1.807) is 16.2 Å². The highest BCUT2D eigenvalue weighted by Crippen LogP contribution is 2.22. The topological polar surface area (TPSA) is 46.4 Å². The molecule has 0 radical (unpaired) electrons. The van der Waals surface area contributed by atoms with Crippen molar-refractivity contribution in [3.05, 3.63) is 29.3 Å². The molecule has 130 valence electrons. The number of benzene rings is 1. The molecule has 1 aromatic heterocycles. The molecule has 0 saturated carbocycles. The lowest BCUT2D eigenvalue weighted by molar-refractivity contribution is -0.928. The molecule has 1 aromatic carbocycles. The van der Waals surface area contributed by atoms with Crippen molar-refractivity contribution in [3.63, 3.8) is 0 Å². The maximum Gasteiger partial charge on any atom is 0.220 e. The van der Waals surface area contributed by atoms with Gasteiger partial charge < -0.3 is 10.2 Å². The Morgan fingerprint density at radius 2 is 2.25 bits per heavy atom. The van der Waals surface area contributed by atoms with E-state index in [1.165, 1.54) is 37.1 Å². The second-order valence-electron chi connectivity index (χ2n) is 6.83. The predicted octanol–water partition coefficient (Wildman–Crippen LogP) is 2.19. The Balaban J connectivity index is 1.33. The van der Waals surface area contributed by atoms with Gasteiger partial charge >= 0.3 is 0 Å². The van der Waals surface area contributed by atoms with E-state index in [2.05, 4.69) is 23.3 Å². The monoisotopic (exact) mass is 346 g/mol. The highest BCUT2D eigenvalue weighted by Gasteiger charge is 2.20. The fourth-order valence-electron chi connectivity index (χ4n) is 3.50. The van der Waals surface area contributed by atoms with Gasteiger partial charge in [0, 0.05) is 25.8 Å². The number of aromatic nitrogens is 1. The number of amides is 1. The van der Waals surface area contributed by atoms with Crippen molar-refractivity contribution in [1.82, 2.24) is 10.3 Å². The number of hydrogen-bond acceptors (Lipinski definition) is 3. The first-order valence-corrected chi connectivity index (χ1v) is 10.00. The van der Waals surface area contributed by atoms with Crippen LogP contribution >= 0.6 is 11.3 Å². The van der Waals surface area contributed by atoms with Crippen molar-refractivity contribution in [2.24, 2.45) is 0 Å². The van der Waals surface area contributed by atoms with Gasteiger partial charge in [0.25, 0.3) is 0 Å². The summed E-state index contributed by atoms with van der Waals surface area (Å²) in [5, 5.41) is 4.12. The highest BCUT2D eigenvalue weighted by molar-refractivity contribution is 7.18. The number of rotatable bonds is 7. The quantitative estimate of drug-likeness (QED) is 0.755. The number of hydrogen-bond donors (Lipinski definition) is 2. The van der Waals surface area contributed by atoms with Gasteiger partial charge in [-0.3, -0.25) is 4.79 Å². The molecule has 24 heavy (non-hydrogen) atoms. The van der Waals surface area contributed by atoms with E-state index >= 15 is 0 Å². The predicted molar refractivity (Wildman–Crippen MR) is 99.6 cm³/mol. The van der Waals surface area contributed by atoms with E-state index in [0.29, 0.717) is 6.42 Å². The molecule has 0 spiro atoms. The molecule has 1 amide bonds. The van der Waals surface area contributed by atoms with Crippen molar-refractivity contribution in [2.75, 3.05) is 19.6 Å². The van der Waals surface area contributed by atoms with Crippen LogP contribution in [0.5, 0.6) is 0 Å². The van der Waals surface area contributed by atoms with Crippen LogP contribution in [-0.4, -0.2) is 36.6 Å². The molecule has 0 aliphatic carbocycles. The zero-order valence-electron chi connectivity index (χ0n) is 14.5. The zero-order valence-corrected chi connectivity index (χ0v) is 15.3. The number of nitrogens with zero attached hydrogens (tertiary/aromatic N) is 1. The summed E-state index contributed by atoms with van der Waals surface area (Å²) in [6.07, 6.45) is 6.43. The number of quaternary nitrogens is 1. The van der Waals surface area contributed by atoms with E-state index in [4.69, 9.17) is 0 Å². The van der Waals surface area contributed by atoms with Crippen LogP contribution in [0.4, 0.5) is 0 Å². The highest BCUT2D eigenvalue weighted by atomic mass is 32.1. The molecule has 2 heterocycles. The Morgan fingerprint density at radius 3 is 3.08 bits per heavy atom. The molecule has 1 fully saturated rings. The molecule has 5 heteroatoms. The van der Waals surface area contributed by atoms with Crippen LogP contribution in [0.25, 0.3) is 10.2 Å². The van der Waals surface area contributed by atoms with Crippen molar-refractivity contribution in [2.45, 2.75) is 51.5 Å². The number of likely N-dealkylation sites (tertiary alicyclic amines) is 1. The van der Waals surface area contributed by atoms with Gasteiger partial charge in [0.2, 0.25) is 5.91 Å². The average Bonchev–Trinajstić information content (AvgIpc) is 3.01. The standard InChI is InChI=1S/C19H27N3OS/c1-15-7-4-5-13-22(15)14-6-12-20-18(23)10-11-19-21-16-8-2-3-9-17(16)24-19/h2-3,8-9,15H,4-7,10-14H2,1H3,(H,20,23)/p+1/t15-/m0/s1. The minimum absolute atomic E-state index is 0.149. The molecule has 1 aliphatic heterocycles. The minimum Gasteiger partial charge on any atom is -0.356 e. The van der Waals surface area contributed by atoms with Gasteiger partial charge in [0.05, 0.1) is 34.4 Å². The number of carbonyl (C=O) groups excluding carboxylic acids is 1. The molecular weight excluding hydrogens is 318 g/mol. The first-order chi connectivity index (χ1) is 11.7. The molecule has 2 aromatic rings. The number of fused-ring (bicyclic) bond motifs is 1. The van der Waals surface area contributed by atoms with E-state index in [9.17, 15) is 4.79 Å². The van der Waals surface area contributed by atoms with Crippen LogP contribution < -0.4 is 10.2 Å². The third kappa shape index (κ3) is 4.77. The molecule has 1 unspecified atom stereocenters. The second-order valence-corrected chi connectivity index (χ2v) is 7.95. The lowest BCUT2D eigenvalue weighted by atomic mass is 10.0. The summed E-state index contributed by atoms with van der Waals surface area (Å²) in [4.78, 5) is 18.3. The van der Waals surface area contributed by atoms with Crippen LogP contribution in [0, 0.1) is 0 Å². The van der Waals surface area contributed by atoms with Crippen LogP contribution in [0.3, 0.4) is 0 Å². The number of para-hydroxylation sites is 1. The van der Waals surface area contributed by atoms with E-state index in [0.717, 1.165) is 36.0 Å². The smallest absolute Gasteiger partial charge is 0.220 e. The Kier molecular flexibility index (Phi) is 6.21. The van der Waals surface area contributed by atoms with Crippen molar-refractivity contribution in [3.8, 4) is 0 Å². The van der Waals surface area contributed by atoms with Crippen molar-refractivity contribution < 1.29 is 9.69 Å². The summed E-state index contributed by atoms with van der Waals surface area (Å²) in [6.45, 7) is 5.63. The van der Waals surface area contributed by atoms with Gasteiger partial charge in [-0.05, 0) is 38.3 Å². The third-order valence-corrected chi connectivity index (χ3v) is 6.08. The largest absolute Gasteiger partial charge is 0.356 e. The Morgan fingerprint density at radius 1 is 1.38 bits per heavy atom. The summed E-state index contributed by atoms with van der Waals surface area (Å²) < 4.78 is 1.20. The number of carbonyl (C=O) groups is 1. The van der Waals surface area contributed by atoms with Gasteiger partial charge in [-0.25, -0.2) is 4.98 Å². The first kappa shape index (κ1) is 17.4. The summed E-state index contributed by atoms with van der Waals surface area (Å²) >= 11 is 1.69. The summed E-state index contributed by atoms with van der Waals surface area (Å²) in [6, 6.07) is 8.93. The van der Waals surface area contributed by atoms with Crippen LogP contribution in [0.15, 0.2) is 24.3 Å². The van der Waals surface area contributed by atoms with Crippen LogP contribution in [-0.2, 0) is 11.2 Å². The SMILES string of the molecule is C[C@H]1CCCC[NH+]1CCCNC(=O)CCc1nc2ccccc2s1. The summed E-state index contributed by atoms with van der Waals surface area (Å²) in [5.41, 5.74) is 1.04. The number of piperidine rings is 1. The lowest BCUT2D eigenvalue weighted by Crippen LogP contribution is -3.16. The number of aryl methyl sites for hydroxylation is 1. The van der Waals surface area contributed by atoms with Crippen LogP contribution in [0.2, 0.25) is 0 Å².